The Labute approximate surface area is 93.4 Å². The maximum Gasteiger partial charge on any atom is 0.0129 e. The molecule has 0 saturated carbocycles. The second kappa shape index (κ2) is 6.73. The summed E-state index contributed by atoms with van der Waals surface area (Å²) < 4.78 is 0. The monoisotopic (exact) mass is 215 g/mol. The highest BCUT2D eigenvalue weighted by Gasteiger charge is 2.28. The molecule has 3 atom stereocenters. The summed E-state index contributed by atoms with van der Waals surface area (Å²) in [5.74, 6) is 4.54. The van der Waals surface area contributed by atoms with E-state index in [2.05, 4.69) is 37.8 Å². The van der Waals surface area contributed by atoms with Crippen LogP contribution in [-0.4, -0.2) is 24.1 Å². The third-order valence-corrected chi connectivity index (χ3v) is 4.46. The molecule has 1 nitrogen and oxygen atoms in total. The van der Waals surface area contributed by atoms with Gasteiger partial charge in [-0.1, -0.05) is 27.2 Å². The minimum Gasteiger partial charge on any atom is -0.314 e. The van der Waals surface area contributed by atoms with Gasteiger partial charge in [-0.15, -0.1) is 0 Å². The summed E-state index contributed by atoms with van der Waals surface area (Å²) in [5.41, 5.74) is 0. The third kappa shape index (κ3) is 3.47. The predicted molar refractivity (Wildman–Crippen MR) is 67.0 cm³/mol. The van der Waals surface area contributed by atoms with Crippen LogP contribution < -0.4 is 5.32 Å². The van der Waals surface area contributed by atoms with Gasteiger partial charge in [-0.05, 0) is 42.7 Å². The van der Waals surface area contributed by atoms with Gasteiger partial charge in [-0.25, -0.2) is 0 Å². The first-order chi connectivity index (χ1) is 6.79. The molecule has 1 aliphatic heterocycles. The molecule has 1 heterocycles. The Morgan fingerprint density at radius 3 is 2.71 bits per heavy atom. The molecule has 0 aromatic carbocycles. The molecule has 0 amide bonds. The van der Waals surface area contributed by atoms with Gasteiger partial charge in [0, 0.05) is 6.04 Å². The minimum absolute atomic E-state index is 0.773. The van der Waals surface area contributed by atoms with E-state index in [4.69, 9.17) is 0 Å². The van der Waals surface area contributed by atoms with Crippen molar-refractivity contribution >= 4 is 11.8 Å². The SMILES string of the molecule is CCCC(C)C(NCC)C1CCSC1. The summed E-state index contributed by atoms with van der Waals surface area (Å²) in [5, 5.41) is 3.70. The van der Waals surface area contributed by atoms with Crippen LogP contribution in [0.5, 0.6) is 0 Å². The van der Waals surface area contributed by atoms with Crippen LogP contribution in [0.15, 0.2) is 0 Å². The molecule has 0 aromatic heterocycles. The van der Waals surface area contributed by atoms with E-state index in [1.54, 1.807) is 0 Å². The average Bonchev–Trinajstić information content (AvgIpc) is 2.67. The van der Waals surface area contributed by atoms with Crippen LogP contribution in [0.2, 0.25) is 0 Å². The van der Waals surface area contributed by atoms with Gasteiger partial charge in [-0.3, -0.25) is 0 Å². The Balaban J connectivity index is 2.43. The summed E-state index contributed by atoms with van der Waals surface area (Å²) in [6, 6.07) is 0.773. The van der Waals surface area contributed by atoms with Crippen molar-refractivity contribution in [2.75, 3.05) is 18.1 Å². The van der Waals surface area contributed by atoms with Crippen molar-refractivity contribution < 1.29 is 0 Å². The summed E-state index contributed by atoms with van der Waals surface area (Å²) in [7, 11) is 0. The minimum atomic E-state index is 0.773. The van der Waals surface area contributed by atoms with Crippen molar-refractivity contribution in [3.63, 3.8) is 0 Å². The summed E-state index contributed by atoms with van der Waals surface area (Å²) in [6.07, 6.45) is 4.12. The van der Waals surface area contributed by atoms with Gasteiger partial charge in [0.1, 0.15) is 0 Å². The van der Waals surface area contributed by atoms with Gasteiger partial charge in [0.25, 0.3) is 0 Å². The Morgan fingerprint density at radius 1 is 1.43 bits per heavy atom. The van der Waals surface area contributed by atoms with Crippen molar-refractivity contribution in [3.05, 3.63) is 0 Å². The van der Waals surface area contributed by atoms with Gasteiger partial charge in [0.15, 0.2) is 0 Å². The molecular weight excluding hydrogens is 190 g/mol. The highest BCUT2D eigenvalue weighted by atomic mass is 32.2. The van der Waals surface area contributed by atoms with E-state index >= 15 is 0 Å². The van der Waals surface area contributed by atoms with Crippen LogP contribution in [-0.2, 0) is 0 Å². The first-order valence-corrected chi connectivity index (χ1v) is 7.26. The van der Waals surface area contributed by atoms with Crippen LogP contribution in [0.4, 0.5) is 0 Å². The molecule has 1 fully saturated rings. The van der Waals surface area contributed by atoms with E-state index < -0.39 is 0 Å². The molecule has 2 heteroatoms. The fourth-order valence-electron chi connectivity index (χ4n) is 2.54. The molecule has 0 aliphatic carbocycles. The maximum absolute atomic E-state index is 3.70. The van der Waals surface area contributed by atoms with Crippen molar-refractivity contribution in [1.82, 2.24) is 5.32 Å². The number of nitrogens with one attached hydrogen (secondary N) is 1. The predicted octanol–water partition coefficient (Wildman–Crippen LogP) is 3.15. The molecule has 0 aromatic rings. The van der Waals surface area contributed by atoms with Crippen LogP contribution in [0.25, 0.3) is 0 Å². The number of rotatable bonds is 6. The zero-order chi connectivity index (χ0) is 10.4. The standard InChI is InChI=1S/C12H25NS/c1-4-6-10(3)12(13-5-2)11-7-8-14-9-11/h10-13H,4-9H2,1-3H3. The number of hydrogen-bond donors (Lipinski definition) is 1. The van der Waals surface area contributed by atoms with E-state index in [9.17, 15) is 0 Å². The molecule has 0 spiro atoms. The highest BCUT2D eigenvalue weighted by molar-refractivity contribution is 7.99. The lowest BCUT2D eigenvalue weighted by molar-refractivity contribution is 0.279. The van der Waals surface area contributed by atoms with E-state index in [1.165, 1.54) is 30.8 Å². The highest BCUT2D eigenvalue weighted by Crippen LogP contribution is 2.30. The van der Waals surface area contributed by atoms with Crippen molar-refractivity contribution in [3.8, 4) is 0 Å². The normalized spacial score (nSPS) is 26.4. The maximum atomic E-state index is 3.70. The van der Waals surface area contributed by atoms with E-state index in [0.717, 1.165) is 24.4 Å². The zero-order valence-corrected chi connectivity index (χ0v) is 10.7. The lowest BCUT2D eigenvalue weighted by Crippen LogP contribution is -2.41. The summed E-state index contributed by atoms with van der Waals surface area (Å²) >= 11 is 2.13. The van der Waals surface area contributed by atoms with E-state index in [-0.39, 0.29) is 0 Å². The van der Waals surface area contributed by atoms with E-state index in [1.807, 2.05) is 0 Å². The van der Waals surface area contributed by atoms with Gasteiger partial charge >= 0.3 is 0 Å². The fraction of sp³-hybridized carbons (Fsp3) is 1.00. The Kier molecular flexibility index (Phi) is 5.95. The molecule has 0 bridgehead atoms. The Morgan fingerprint density at radius 2 is 2.21 bits per heavy atom. The van der Waals surface area contributed by atoms with Gasteiger partial charge in [0.05, 0.1) is 0 Å². The summed E-state index contributed by atoms with van der Waals surface area (Å²) in [6.45, 7) is 8.07. The smallest absolute Gasteiger partial charge is 0.0129 e. The number of hydrogen-bond acceptors (Lipinski definition) is 2. The Hall–Kier alpha value is 0.310. The summed E-state index contributed by atoms with van der Waals surface area (Å²) in [4.78, 5) is 0. The van der Waals surface area contributed by atoms with Gasteiger partial charge < -0.3 is 5.32 Å². The van der Waals surface area contributed by atoms with Crippen molar-refractivity contribution in [2.45, 2.75) is 46.1 Å². The van der Waals surface area contributed by atoms with Crippen LogP contribution in [0.3, 0.4) is 0 Å². The second-order valence-electron chi connectivity index (χ2n) is 4.47. The molecular formula is C12H25NS. The molecule has 1 saturated heterocycles. The number of thioether (sulfide) groups is 1. The molecule has 3 unspecified atom stereocenters. The lowest BCUT2D eigenvalue weighted by atomic mass is 9.86. The van der Waals surface area contributed by atoms with Crippen molar-refractivity contribution in [2.24, 2.45) is 11.8 Å². The lowest BCUT2D eigenvalue weighted by Gasteiger charge is -2.29. The molecule has 1 N–H and O–H groups in total. The fourth-order valence-corrected chi connectivity index (χ4v) is 3.85. The Bertz CT molecular complexity index is 143. The first-order valence-electron chi connectivity index (χ1n) is 6.10. The zero-order valence-electron chi connectivity index (χ0n) is 9.88. The van der Waals surface area contributed by atoms with Crippen LogP contribution >= 0.6 is 11.8 Å². The third-order valence-electron chi connectivity index (χ3n) is 3.27. The average molecular weight is 215 g/mol. The van der Waals surface area contributed by atoms with Crippen LogP contribution in [0, 0.1) is 11.8 Å². The first kappa shape index (κ1) is 12.4. The molecule has 0 radical (unpaired) electrons. The second-order valence-corrected chi connectivity index (χ2v) is 5.62. The molecule has 1 aliphatic rings. The van der Waals surface area contributed by atoms with Gasteiger partial charge in [0.2, 0.25) is 0 Å². The quantitative estimate of drug-likeness (QED) is 0.730. The molecule has 1 rings (SSSR count). The largest absolute Gasteiger partial charge is 0.314 e. The van der Waals surface area contributed by atoms with Crippen molar-refractivity contribution in [1.29, 1.82) is 0 Å². The van der Waals surface area contributed by atoms with E-state index in [0.29, 0.717) is 0 Å². The topological polar surface area (TPSA) is 12.0 Å². The van der Waals surface area contributed by atoms with Gasteiger partial charge in [-0.2, -0.15) is 11.8 Å². The molecule has 84 valence electrons. The van der Waals surface area contributed by atoms with Crippen LogP contribution in [0.1, 0.15) is 40.0 Å². The molecule has 14 heavy (non-hydrogen) atoms.